The van der Waals surface area contributed by atoms with E-state index in [9.17, 15) is 4.79 Å². The summed E-state index contributed by atoms with van der Waals surface area (Å²) in [4.78, 5) is 11.1. The van der Waals surface area contributed by atoms with E-state index in [1.165, 1.54) is 5.57 Å². The van der Waals surface area contributed by atoms with Crippen LogP contribution in [0.1, 0.15) is 41.0 Å². The molecule has 0 saturated carbocycles. The maximum absolute atomic E-state index is 11.1. The zero-order chi connectivity index (χ0) is 14.9. The van der Waals surface area contributed by atoms with Crippen LogP contribution in [0.2, 0.25) is 0 Å². The molecular formula is C14H27NO4. The van der Waals surface area contributed by atoms with Gasteiger partial charge in [-0.05, 0) is 34.1 Å². The number of hydrogen-bond acceptors (Lipinski definition) is 4. The first kappa shape index (κ1) is 17.9. The fourth-order valence-corrected chi connectivity index (χ4v) is 1.29. The number of rotatable bonds is 4. The predicted molar refractivity (Wildman–Crippen MR) is 75.0 cm³/mol. The third-order valence-corrected chi connectivity index (χ3v) is 1.99. The van der Waals surface area contributed by atoms with E-state index in [0.717, 1.165) is 6.42 Å². The highest BCUT2D eigenvalue weighted by molar-refractivity contribution is 5.67. The Balaban J connectivity index is 0.000000711. The first-order valence-electron chi connectivity index (χ1n) is 6.61. The van der Waals surface area contributed by atoms with Crippen molar-refractivity contribution in [1.29, 1.82) is 0 Å². The number of allylic oxidation sites excluding steroid dienone is 1. The third-order valence-electron chi connectivity index (χ3n) is 1.99. The molecule has 1 aliphatic rings. The summed E-state index contributed by atoms with van der Waals surface area (Å²) in [6.07, 6.45) is 0.336. The highest BCUT2D eigenvalue weighted by Crippen LogP contribution is 2.22. The molecule has 1 amide bonds. The molecule has 0 aliphatic carbocycles. The molecule has 5 heteroatoms. The second-order valence-electron chi connectivity index (χ2n) is 5.18. The zero-order valence-corrected chi connectivity index (χ0v) is 12.7. The third kappa shape index (κ3) is 10.5. The van der Waals surface area contributed by atoms with E-state index < -0.39 is 11.9 Å². The molecule has 1 atom stereocenters. The fraction of sp³-hybridized carbons (Fsp3) is 0.786. The van der Waals surface area contributed by atoms with Crippen molar-refractivity contribution in [2.45, 2.75) is 52.9 Å². The lowest BCUT2D eigenvalue weighted by atomic mass is 10.4. The Labute approximate surface area is 116 Å². The number of alkyl carbamates (subject to hydrolysis) is 1. The van der Waals surface area contributed by atoms with Crippen molar-refractivity contribution < 1.29 is 19.0 Å². The van der Waals surface area contributed by atoms with Crippen LogP contribution in [0.5, 0.6) is 0 Å². The van der Waals surface area contributed by atoms with E-state index in [-0.39, 0.29) is 12.7 Å². The molecule has 1 unspecified atom stereocenters. The van der Waals surface area contributed by atoms with Gasteiger partial charge in [0.25, 0.3) is 0 Å². The lowest BCUT2D eigenvalue weighted by molar-refractivity contribution is -0.142. The van der Waals surface area contributed by atoms with Crippen LogP contribution in [0.25, 0.3) is 0 Å². The zero-order valence-electron chi connectivity index (χ0n) is 12.7. The second-order valence-corrected chi connectivity index (χ2v) is 5.18. The lowest BCUT2D eigenvalue weighted by Gasteiger charge is -2.17. The molecule has 0 aromatic heterocycles. The quantitative estimate of drug-likeness (QED) is 0.800. The smallest absolute Gasteiger partial charge is 0.407 e. The van der Waals surface area contributed by atoms with Crippen LogP contribution >= 0.6 is 0 Å². The molecule has 1 heterocycles. The van der Waals surface area contributed by atoms with E-state index in [0.29, 0.717) is 13.2 Å². The molecule has 5 nitrogen and oxygen atoms in total. The number of ether oxygens (including phenoxy) is 3. The van der Waals surface area contributed by atoms with E-state index in [1.807, 2.05) is 34.6 Å². The molecule has 112 valence electrons. The number of nitrogens with one attached hydrogen (secondary N) is 1. The van der Waals surface area contributed by atoms with E-state index in [1.54, 1.807) is 0 Å². The van der Waals surface area contributed by atoms with Crippen molar-refractivity contribution in [3.05, 3.63) is 12.2 Å². The van der Waals surface area contributed by atoms with Gasteiger partial charge in [-0.3, -0.25) is 0 Å². The van der Waals surface area contributed by atoms with E-state index >= 15 is 0 Å². The van der Waals surface area contributed by atoms with Crippen molar-refractivity contribution in [1.82, 2.24) is 5.32 Å². The summed E-state index contributed by atoms with van der Waals surface area (Å²) in [6, 6.07) is 0. The van der Waals surface area contributed by atoms with Crippen molar-refractivity contribution in [2.24, 2.45) is 0 Å². The van der Waals surface area contributed by atoms with Gasteiger partial charge in [0, 0.05) is 6.54 Å². The highest BCUT2D eigenvalue weighted by atomic mass is 16.7. The minimum Gasteiger partial charge on any atom is -0.447 e. The van der Waals surface area contributed by atoms with Crippen molar-refractivity contribution in [3.8, 4) is 0 Å². The Morgan fingerprint density at radius 3 is 2.47 bits per heavy atom. The average Bonchev–Trinajstić information content (AvgIpc) is 2.63. The maximum Gasteiger partial charge on any atom is 0.407 e. The Morgan fingerprint density at radius 1 is 1.47 bits per heavy atom. The van der Waals surface area contributed by atoms with Gasteiger partial charge in [-0.25, -0.2) is 4.79 Å². The Hall–Kier alpha value is -1.07. The van der Waals surface area contributed by atoms with Crippen molar-refractivity contribution in [2.75, 3.05) is 19.8 Å². The largest absolute Gasteiger partial charge is 0.447 e. The first-order chi connectivity index (χ1) is 8.76. The predicted octanol–water partition coefficient (Wildman–Crippen LogP) is 2.86. The van der Waals surface area contributed by atoms with Crippen molar-refractivity contribution in [3.63, 3.8) is 0 Å². The summed E-state index contributed by atoms with van der Waals surface area (Å²) in [7, 11) is 0. The van der Waals surface area contributed by atoms with Crippen LogP contribution in [0, 0.1) is 0 Å². The van der Waals surface area contributed by atoms with Crippen LogP contribution in [0.4, 0.5) is 4.79 Å². The average molecular weight is 273 g/mol. The van der Waals surface area contributed by atoms with Crippen molar-refractivity contribution >= 4 is 6.09 Å². The minimum absolute atomic E-state index is 0.160. The van der Waals surface area contributed by atoms with Crippen LogP contribution in [-0.4, -0.2) is 37.7 Å². The molecule has 1 fully saturated rings. The van der Waals surface area contributed by atoms with Gasteiger partial charge in [-0.2, -0.15) is 0 Å². The normalized spacial score (nSPS) is 20.2. The molecule has 19 heavy (non-hydrogen) atoms. The Morgan fingerprint density at radius 2 is 2.05 bits per heavy atom. The summed E-state index contributed by atoms with van der Waals surface area (Å²) in [6.45, 7) is 14.5. The topological polar surface area (TPSA) is 56.8 Å². The summed E-state index contributed by atoms with van der Waals surface area (Å²) in [5, 5.41) is 2.62. The molecule has 0 radical (unpaired) electrons. The van der Waals surface area contributed by atoms with Gasteiger partial charge in [0.2, 0.25) is 0 Å². The molecule has 0 bridgehead atoms. The molecule has 0 aromatic rings. The molecule has 1 saturated heterocycles. The summed E-state index contributed by atoms with van der Waals surface area (Å²) >= 11 is 0. The van der Waals surface area contributed by atoms with Crippen LogP contribution < -0.4 is 5.32 Å². The van der Waals surface area contributed by atoms with Gasteiger partial charge >= 0.3 is 6.09 Å². The monoisotopic (exact) mass is 273 g/mol. The SMILES string of the molecule is C=C(C)C.CCCNC(=O)OCC1COC(C)(C)O1. The molecule has 1 aliphatic heterocycles. The van der Waals surface area contributed by atoms with Crippen LogP contribution in [0.3, 0.4) is 0 Å². The number of carbonyl (C=O) groups is 1. The molecule has 1 rings (SSSR count). The van der Waals surface area contributed by atoms with Gasteiger partial charge in [-0.1, -0.05) is 12.5 Å². The lowest BCUT2D eigenvalue weighted by Crippen LogP contribution is -2.30. The summed E-state index contributed by atoms with van der Waals surface area (Å²) in [5.74, 6) is -0.562. The summed E-state index contributed by atoms with van der Waals surface area (Å²) in [5.41, 5.74) is 1.17. The summed E-state index contributed by atoms with van der Waals surface area (Å²) < 4.78 is 15.8. The Bertz CT molecular complexity index is 285. The molecular weight excluding hydrogens is 246 g/mol. The highest BCUT2D eigenvalue weighted by Gasteiger charge is 2.33. The number of amides is 1. The second kappa shape index (κ2) is 8.93. The fourth-order valence-electron chi connectivity index (χ4n) is 1.29. The first-order valence-corrected chi connectivity index (χ1v) is 6.61. The Kier molecular flexibility index (Phi) is 8.43. The van der Waals surface area contributed by atoms with Crippen LogP contribution in [0.15, 0.2) is 12.2 Å². The van der Waals surface area contributed by atoms with E-state index in [2.05, 4.69) is 11.9 Å². The minimum atomic E-state index is -0.562. The van der Waals surface area contributed by atoms with Gasteiger partial charge < -0.3 is 19.5 Å². The van der Waals surface area contributed by atoms with E-state index in [4.69, 9.17) is 14.2 Å². The van der Waals surface area contributed by atoms with Gasteiger partial charge in [0.15, 0.2) is 5.79 Å². The number of carbonyl (C=O) groups excluding carboxylic acids is 1. The molecule has 1 N–H and O–H groups in total. The van der Waals surface area contributed by atoms with Gasteiger partial charge in [0.1, 0.15) is 12.7 Å². The van der Waals surface area contributed by atoms with Gasteiger partial charge in [-0.15, -0.1) is 6.58 Å². The molecule has 0 spiro atoms. The maximum atomic E-state index is 11.1. The van der Waals surface area contributed by atoms with Crippen LogP contribution in [-0.2, 0) is 14.2 Å². The van der Waals surface area contributed by atoms with Gasteiger partial charge in [0.05, 0.1) is 6.61 Å². The molecule has 0 aromatic carbocycles. The standard InChI is InChI=1S/C10H19NO4.C4H8/c1-4-5-11-9(12)13-6-8-7-14-10(2,3)15-8;1-4(2)3/h8H,4-7H2,1-3H3,(H,11,12);1H2,2-3H3. The number of hydrogen-bond donors (Lipinski definition) is 1.